The van der Waals surface area contributed by atoms with Gasteiger partial charge in [0.2, 0.25) is 0 Å². The number of anilines is 1. The van der Waals surface area contributed by atoms with E-state index in [0.717, 1.165) is 18.6 Å². The molecular formula is C18H28F2N4O2. The standard InChI is InChI=1S/C18H28F2N4O2/c1-3-21-18(22-6-11-26-13-12-25-2)24-9-7-23(8-10-24)17-14-15(19)4-5-16(17)20/h4-5,14H,3,6-13H2,1-2H3,(H,21,22). The summed E-state index contributed by atoms with van der Waals surface area (Å²) in [5.41, 5.74) is 0.318. The second kappa shape index (κ2) is 10.9. The third-order valence-electron chi connectivity index (χ3n) is 4.09. The minimum absolute atomic E-state index is 0.318. The van der Waals surface area contributed by atoms with Gasteiger partial charge in [-0.25, -0.2) is 8.78 Å². The lowest BCUT2D eigenvalue weighted by Gasteiger charge is -2.37. The van der Waals surface area contributed by atoms with Crippen LogP contribution in [-0.4, -0.2) is 77.1 Å². The molecule has 1 aromatic carbocycles. The van der Waals surface area contributed by atoms with Gasteiger partial charge in [0.05, 0.1) is 32.1 Å². The third-order valence-corrected chi connectivity index (χ3v) is 4.09. The molecule has 1 fully saturated rings. The molecule has 0 radical (unpaired) electrons. The minimum atomic E-state index is -0.424. The Morgan fingerprint density at radius 1 is 1.15 bits per heavy atom. The van der Waals surface area contributed by atoms with Crippen molar-refractivity contribution in [1.82, 2.24) is 10.2 Å². The normalized spacial score (nSPS) is 15.5. The van der Waals surface area contributed by atoms with Gasteiger partial charge in [0, 0.05) is 45.9 Å². The highest BCUT2D eigenvalue weighted by atomic mass is 19.1. The minimum Gasteiger partial charge on any atom is -0.382 e. The Bertz CT molecular complexity index is 578. The van der Waals surface area contributed by atoms with E-state index in [-0.39, 0.29) is 0 Å². The molecule has 6 nitrogen and oxygen atoms in total. The van der Waals surface area contributed by atoms with Crippen molar-refractivity contribution < 1.29 is 18.3 Å². The van der Waals surface area contributed by atoms with Crippen LogP contribution >= 0.6 is 0 Å². The first-order valence-electron chi connectivity index (χ1n) is 8.95. The summed E-state index contributed by atoms with van der Waals surface area (Å²) in [6.45, 7) is 7.59. The Kier molecular flexibility index (Phi) is 8.57. The number of nitrogens with zero attached hydrogens (tertiary/aromatic N) is 3. The number of piperazine rings is 1. The molecule has 0 aliphatic carbocycles. The molecule has 26 heavy (non-hydrogen) atoms. The van der Waals surface area contributed by atoms with Crippen molar-refractivity contribution in [3.63, 3.8) is 0 Å². The summed E-state index contributed by atoms with van der Waals surface area (Å²) in [4.78, 5) is 8.58. The van der Waals surface area contributed by atoms with Crippen molar-refractivity contribution in [2.75, 3.05) is 71.1 Å². The zero-order valence-corrected chi connectivity index (χ0v) is 15.5. The number of ether oxygens (including phenoxy) is 2. The Balaban J connectivity index is 1.87. The molecule has 0 bridgehead atoms. The van der Waals surface area contributed by atoms with Crippen molar-refractivity contribution in [2.24, 2.45) is 4.99 Å². The largest absolute Gasteiger partial charge is 0.382 e. The fraction of sp³-hybridized carbons (Fsp3) is 0.611. The molecule has 1 aliphatic heterocycles. The number of hydrogen-bond acceptors (Lipinski definition) is 4. The molecule has 1 heterocycles. The van der Waals surface area contributed by atoms with Gasteiger partial charge in [-0.05, 0) is 19.1 Å². The number of rotatable bonds is 8. The maximum atomic E-state index is 13.9. The first-order chi connectivity index (χ1) is 12.7. The van der Waals surface area contributed by atoms with E-state index >= 15 is 0 Å². The monoisotopic (exact) mass is 370 g/mol. The van der Waals surface area contributed by atoms with Crippen LogP contribution in [0.1, 0.15) is 6.92 Å². The molecule has 0 aromatic heterocycles. The van der Waals surface area contributed by atoms with Crippen LogP contribution in [-0.2, 0) is 9.47 Å². The van der Waals surface area contributed by atoms with E-state index in [0.29, 0.717) is 58.2 Å². The molecule has 146 valence electrons. The molecule has 0 spiro atoms. The molecule has 0 atom stereocenters. The summed E-state index contributed by atoms with van der Waals surface area (Å²) in [5.74, 6) is 0.00282. The lowest BCUT2D eigenvalue weighted by atomic mass is 10.2. The number of methoxy groups -OCH3 is 1. The second-order valence-corrected chi connectivity index (χ2v) is 5.91. The fourth-order valence-electron chi connectivity index (χ4n) is 2.77. The molecule has 1 aliphatic rings. The van der Waals surface area contributed by atoms with Crippen molar-refractivity contribution in [3.05, 3.63) is 29.8 Å². The highest BCUT2D eigenvalue weighted by Crippen LogP contribution is 2.21. The summed E-state index contributed by atoms with van der Waals surface area (Å²) in [6.07, 6.45) is 0. The number of halogens is 2. The van der Waals surface area contributed by atoms with E-state index in [1.807, 2.05) is 11.8 Å². The molecule has 1 aromatic rings. The van der Waals surface area contributed by atoms with Crippen LogP contribution in [0.4, 0.5) is 14.5 Å². The maximum absolute atomic E-state index is 13.9. The SMILES string of the molecule is CCNC(=NCCOCCOC)N1CCN(c2cc(F)ccc2F)CC1. The molecule has 0 saturated carbocycles. The van der Waals surface area contributed by atoms with Crippen molar-refractivity contribution in [1.29, 1.82) is 0 Å². The van der Waals surface area contributed by atoms with E-state index in [9.17, 15) is 8.78 Å². The first kappa shape index (κ1) is 20.4. The van der Waals surface area contributed by atoms with Gasteiger partial charge in [0.1, 0.15) is 11.6 Å². The van der Waals surface area contributed by atoms with Crippen LogP contribution in [0, 0.1) is 11.6 Å². The number of nitrogens with one attached hydrogen (secondary N) is 1. The summed E-state index contributed by atoms with van der Waals surface area (Å²) in [5, 5.41) is 3.27. The van der Waals surface area contributed by atoms with Gasteiger partial charge in [0.15, 0.2) is 5.96 Å². The Hall–Kier alpha value is -1.93. The van der Waals surface area contributed by atoms with E-state index in [2.05, 4.69) is 15.2 Å². The van der Waals surface area contributed by atoms with E-state index < -0.39 is 11.6 Å². The Morgan fingerprint density at radius 2 is 1.92 bits per heavy atom. The lowest BCUT2D eigenvalue weighted by molar-refractivity contribution is 0.0747. The molecule has 8 heteroatoms. The average Bonchev–Trinajstić information content (AvgIpc) is 2.66. The zero-order valence-electron chi connectivity index (χ0n) is 15.5. The predicted octanol–water partition coefficient (Wildman–Crippen LogP) is 1.72. The van der Waals surface area contributed by atoms with Gasteiger partial charge < -0.3 is 24.6 Å². The third kappa shape index (κ3) is 6.10. The molecular weight excluding hydrogens is 342 g/mol. The fourth-order valence-corrected chi connectivity index (χ4v) is 2.77. The number of hydrogen-bond donors (Lipinski definition) is 1. The van der Waals surface area contributed by atoms with Gasteiger partial charge >= 0.3 is 0 Å². The van der Waals surface area contributed by atoms with Crippen molar-refractivity contribution >= 4 is 11.6 Å². The smallest absolute Gasteiger partial charge is 0.194 e. The van der Waals surface area contributed by atoms with Gasteiger partial charge in [-0.15, -0.1) is 0 Å². The number of benzene rings is 1. The van der Waals surface area contributed by atoms with Crippen LogP contribution in [0.15, 0.2) is 23.2 Å². The van der Waals surface area contributed by atoms with Gasteiger partial charge in [-0.3, -0.25) is 4.99 Å². The van der Waals surface area contributed by atoms with Crippen LogP contribution in [0.25, 0.3) is 0 Å². The van der Waals surface area contributed by atoms with Gasteiger partial charge in [0.25, 0.3) is 0 Å². The summed E-state index contributed by atoms with van der Waals surface area (Å²) >= 11 is 0. The highest BCUT2D eigenvalue weighted by molar-refractivity contribution is 5.80. The van der Waals surface area contributed by atoms with E-state index in [1.54, 1.807) is 7.11 Å². The Morgan fingerprint density at radius 3 is 2.62 bits per heavy atom. The predicted molar refractivity (Wildman–Crippen MR) is 98.8 cm³/mol. The van der Waals surface area contributed by atoms with Gasteiger partial charge in [-0.1, -0.05) is 0 Å². The molecule has 2 rings (SSSR count). The second-order valence-electron chi connectivity index (χ2n) is 5.91. The topological polar surface area (TPSA) is 49.3 Å². The van der Waals surface area contributed by atoms with Crippen LogP contribution in [0.5, 0.6) is 0 Å². The molecule has 1 N–H and O–H groups in total. The van der Waals surface area contributed by atoms with E-state index in [4.69, 9.17) is 9.47 Å². The quantitative estimate of drug-likeness (QED) is 0.429. The summed E-state index contributed by atoms with van der Waals surface area (Å²) in [7, 11) is 1.64. The van der Waals surface area contributed by atoms with Crippen LogP contribution in [0.3, 0.4) is 0 Å². The van der Waals surface area contributed by atoms with Crippen LogP contribution in [0.2, 0.25) is 0 Å². The Labute approximate surface area is 153 Å². The number of aliphatic imine (C=N–C) groups is 1. The van der Waals surface area contributed by atoms with Crippen LogP contribution < -0.4 is 10.2 Å². The van der Waals surface area contributed by atoms with Crippen molar-refractivity contribution in [2.45, 2.75) is 6.92 Å². The van der Waals surface area contributed by atoms with E-state index in [1.165, 1.54) is 12.1 Å². The zero-order chi connectivity index (χ0) is 18.8. The van der Waals surface area contributed by atoms with Gasteiger partial charge in [-0.2, -0.15) is 0 Å². The lowest BCUT2D eigenvalue weighted by Crippen LogP contribution is -2.52. The highest BCUT2D eigenvalue weighted by Gasteiger charge is 2.21. The number of guanidine groups is 1. The molecule has 0 amide bonds. The maximum Gasteiger partial charge on any atom is 0.194 e. The summed E-state index contributed by atoms with van der Waals surface area (Å²) < 4.78 is 37.7. The summed E-state index contributed by atoms with van der Waals surface area (Å²) in [6, 6.07) is 3.56. The van der Waals surface area contributed by atoms with Crippen molar-refractivity contribution in [3.8, 4) is 0 Å². The molecule has 1 saturated heterocycles. The first-order valence-corrected chi connectivity index (χ1v) is 8.95. The average molecular weight is 370 g/mol. The molecule has 0 unspecified atom stereocenters.